The van der Waals surface area contributed by atoms with Gasteiger partial charge < -0.3 is 19.5 Å². The first-order valence-electron chi connectivity index (χ1n) is 10.7. The lowest BCUT2D eigenvalue weighted by atomic mass is 10.0. The lowest BCUT2D eigenvalue weighted by Crippen LogP contribution is -2.52. The van der Waals surface area contributed by atoms with Crippen molar-refractivity contribution in [2.45, 2.75) is 12.5 Å². The summed E-state index contributed by atoms with van der Waals surface area (Å²) < 4.78 is 0. The molecular formula is C23H25N5O3. The number of oxime groups is 1. The molecule has 5 rings (SSSR count). The fraction of sp³-hybridized carbons (Fsp3) is 0.391. The van der Waals surface area contributed by atoms with Crippen LogP contribution in [0.4, 0.5) is 0 Å². The van der Waals surface area contributed by atoms with Crippen molar-refractivity contribution in [2.75, 3.05) is 39.3 Å². The molecule has 2 fully saturated rings. The molecule has 0 N–H and O–H groups in total. The van der Waals surface area contributed by atoms with E-state index in [2.05, 4.69) is 15.0 Å². The maximum absolute atomic E-state index is 12.7. The van der Waals surface area contributed by atoms with E-state index in [0.29, 0.717) is 45.7 Å². The van der Waals surface area contributed by atoms with Crippen LogP contribution in [0.25, 0.3) is 0 Å². The van der Waals surface area contributed by atoms with E-state index < -0.39 is 0 Å². The molecule has 0 saturated carbocycles. The van der Waals surface area contributed by atoms with E-state index in [1.165, 1.54) is 0 Å². The van der Waals surface area contributed by atoms with Gasteiger partial charge in [-0.1, -0.05) is 29.4 Å². The molecule has 1 aromatic carbocycles. The predicted octanol–water partition coefficient (Wildman–Crippen LogP) is 1.25. The lowest BCUT2D eigenvalue weighted by molar-refractivity contribution is -0.130. The van der Waals surface area contributed by atoms with Gasteiger partial charge in [0.1, 0.15) is 0 Å². The van der Waals surface area contributed by atoms with Crippen LogP contribution in [-0.2, 0) is 16.1 Å². The summed E-state index contributed by atoms with van der Waals surface area (Å²) in [6, 6.07) is 13.1. The van der Waals surface area contributed by atoms with Gasteiger partial charge in [0.2, 0.25) is 5.91 Å². The third kappa shape index (κ3) is 3.97. The van der Waals surface area contributed by atoms with Crippen LogP contribution >= 0.6 is 0 Å². The number of likely N-dealkylation sites (tertiary alicyclic amines) is 1. The van der Waals surface area contributed by atoms with Crippen LogP contribution in [-0.4, -0.2) is 82.7 Å². The number of pyridine rings is 1. The summed E-state index contributed by atoms with van der Waals surface area (Å²) in [4.78, 5) is 41.1. The second kappa shape index (κ2) is 8.37. The highest BCUT2D eigenvalue weighted by atomic mass is 16.6. The van der Waals surface area contributed by atoms with Crippen LogP contribution in [0.2, 0.25) is 0 Å². The monoisotopic (exact) mass is 419 g/mol. The SMILES string of the molecule is O=C(Cc1cccnc1)N1C[C@@H]2C(N3CCN(C(=O)c4ccccc4)CC3)=NO[C@@H]2C1. The Hall–Kier alpha value is -3.42. The van der Waals surface area contributed by atoms with E-state index >= 15 is 0 Å². The smallest absolute Gasteiger partial charge is 0.253 e. The number of nitrogens with zero attached hydrogens (tertiary/aromatic N) is 5. The molecule has 160 valence electrons. The Kier molecular flexibility index (Phi) is 5.28. The van der Waals surface area contributed by atoms with Gasteiger partial charge in [0, 0.05) is 50.7 Å². The molecule has 0 unspecified atom stereocenters. The molecule has 0 bridgehead atoms. The van der Waals surface area contributed by atoms with Crippen LogP contribution in [0.3, 0.4) is 0 Å². The standard InChI is InChI=1S/C23H25N5O3/c29-21(13-17-5-4-8-24-14-17)28-15-19-20(16-28)31-25-22(19)26-9-11-27(12-10-26)23(30)18-6-2-1-3-7-18/h1-8,14,19-20H,9-13,15-16H2/t19-,20+/m0/s1. The second-order valence-corrected chi connectivity index (χ2v) is 8.18. The van der Waals surface area contributed by atoms with Gasteiger partial charge in [-0.15, -0.1) is 0 Å². The summed E-state index contributed by atoms with van der Waals surface area (Å²) in [7, 11) is 0. The molecule has 4 heterocycles. The molecule has 0 aliphatic carbocycles. The largest absolute Gasteiger partial charge is 0.388 e. The molecule has 8 nitrogen and oxygen atoms in total. The Balaban J connectivity index is 1.17. The van der Waals surface area contributed by atoms with Crippen molar-refractivity contribution >= 4 is 17.6 Å². The van der Waals surface area contributed by atoms with E-state index in [1.807, 2.05) is 52.3 Å². The zero-order valence-electron chi connectivity index (χ0n) is 17.3. The molecule has 8 heteroatoms. The van der Waals surface area contributed by atoms with E-state index in [9.17, 15) is 9.59 Å². The summed E-state index contributed by atoms with van der Waals surface area (Å²) in [6.45, 7) is 3.90. The molecule has 2 amide bonds. The molecule has 2 aromatic rings. The summed E-state index contributed by atoms with van der Waals surface area (Å²) in [5.74, 6) is 1.15. The lowest BCUT2D eigenvalue weighted by Gasteiger charge is -2.36. The van der Waals surface area contributed by atoms with Crippen LogP contribution in [0, 0.1) is 5.92 Å². The summed E-state index contributed by atoms with van der Waals surface area (Å²) in [6.07, 6.45) is 3.70. The van der Waals surface area contributed by atoms with Gasteiger partial charge in [0.15, 0.2) is 11.9 Å². The Labute approximate surface area is 181 Å². The average molecular weight is 419 g/mol. The number of benzene rings is 1. The fourth-order valence-corrected chi connectivity index (χ4v) is 4.51. The summed E-state index contributed by atoms with van der Waals surface area (Å²) in [5, 5.41) is 4.34. The third-order valence-electron chi connectivity index (χ3n) is 6.22. The van der Waals surface area contributed by atoms with Gasteiger partial charge >= 0.3 is 0 Å². The van der Waals surface area contributed by atoms with Crippen LogP contribution < -0.4 is 0 Å². The zero-order valence-corrected chi connectivity index (χ0v) is 17.3. The van der Waals surface area contributed by atoms with Gasteiger partial charge in [0.25, 0.3) is 5.91 Å². The van der Waals surface area contributed by atoms with Crippen molar-refractivity contribution < 1.29 is 14.4 Å². The first-order chi connectivity index (χ1) is 15.2. The molecule has 0 spiro atoms. The highest BCUT2D eigenvalue weighted by Crippen LogP contribution is 2.29. The van der Waals surface area contributed by atoms with Crippen LogP contribution in [0.1, 0.15) is 15.9 Å². The number of amidine groups is 1. The van der Waals surface area contributed by atoms with Crippen molar-refractivity contribution in [1.82, 2.24) is 19.7 Å². The molecule has 31 heavy (non-hydrogen) atoms. The molecule has 0 radical (unpaired) electrons. The first kappa shape index (κ1) is 19.5. The van der Waals surface area contributed by atoms with E-state index in [1.54, 1.807) is 12.4 Å². The van der Waals surface area contributed by atoms with Gasteiger partial charge in [-0.2, -0.15) is 0 Å². The second-order valence-electron chi connectivity index (χ2n) is 8.18. The van der Waals surface area contributed by atoms with E-state index in [-0.39, 0.29) is 23.8 Å². The quantitative estimate of drug-likeness (QED) is 0.748. The minimum atomic E-state index is -0.0863. The Morgan fingerprint density at radius 2 is 1.77 bits per heavy atom. The van der Waals surface area contributed by atoms with Gasteiger partial charge in [-0.3, -0.25) is 14.6 Å². The van der Waals surface area contributed by atoms with Crippen molar-refractivity contribution in [3.8, 4) is 0 Å². The van der Waals surface area contributed by atoms with Crippen molar-refractivity contribution in [1.29, 1.82) is 0 Å². The molecular weight excluding hydrogens is 394 g/mol. The number of carbonyl (C=O) groups excluding carboxylic acids is 2. The number of piperazine rings is 1. The summed E-state index contributed by atoms with van der Waals surface area (Å²) in [5.41, 5.74) is 1.63. The van der Waals surface area contributed by atoms with Crippen molar-refractivity contribution in [3.05, 3.63) is 66.0 Å². The molecule has 3 aliphatic heterocycles. The molecule has 3 aliphatic rings. The average Bonchev–Trinajstić information content (AvgIpc) is 3.41. The highest BCUT2D eigenvalue weighted by molar-refractivity contribution is 5.94. The Morgan fingerprint density at radius 3 is 2.52 bits per heavy atom. The number of aromatic nitrogens is 1. The fourth-order valence-electron chi connectivity index (χ4n) is 4.51. The van der Waals surface area contributed by atoms with Crippen LogP contribution in [0.5, 0.6) is 0 Å². The van der Waals surface area contributed by atoms with E-state index in [4.69, 9.17) is 4.84 Å². The minimum Gasteiger partial charge on any atom is -0.388 e. The Bertz CT molecular complexity index is 973. The first-order valence-corrected chi connectivity index (χ1v) is 10.7. The zero-order chi connectivity index (χ0) is 21.2. The van der Waals surface area contributed by atoms with Crippen molar-refractivity contribution in [2.24, 2.45) is 11.1 Å². The number of carbonyl (C=O) groups is 2. The van der Waals surface area contributed by atoms with E-state index in [0.717, 1.165) is 17.0 Å². The minimum absolute atomic E-state index is 0.0655. The van der Waals surface area contributed by atoms with Crippen molar-refractivity contribution in [3.63, 3.8) is 0 Å². The number of hydrogen-bond acceptors (Lipinski definition) is 6. The Morgan fingerprint density at radius 1 is 0.968 bits per heavy atom. The topological polar surface area (TPSA) is 78.3 Å². The van der Waals surface area contributed by atoms with Gasteiger partial charge in [-0.05, 0) is 23.8 Å². The maximum Gasteiger partial charge on any atom is 0.253 e. The number of fused-ring (bicyclic) bond motifs is 1. The number of rotatable bonds is 3. The summed E-state index contributed by atoms with van der Waals surface area (Å²) >= 11 is 0. The predicted molar refractivity (Wildman–Crippen MR) is 114 cm³/mol. The van der Waals surface area contributed by atoms with Gasteiger partial charge in [-0.25, -0.2) is 0 Å². The van der Waals surface area contributed by atoms with Crippen LogP contribution in [0.15, 0.2) is 60.0 Å². The number of hydrogen-bond donors (Lipinski definition) is 0. The molecule has 2 saturated heterocycles. The molecule has 2 atom stereocenters. The third-order valence-corrected chi connectivity index (χ3v) is 6.22. The molecule has 1 aromatic heterocycles. The highest BCUT2D eigenvalue weighted by Gasteiger charge is 2.46. The van der Waals surface area contributed by atoms with Gasteiger partial charge in [0.05, 0.1) is 18.9 Å². The normalized spacial score (nSPS) is 22.7. The number of amides is 2. The maximum atomic E-state index is 12.7.